The molecular weight excluding hydrogens is 315 g/mol. The van der Waals surface area contributed by atoms with E-state index in [1.807, 2.05) is 0 Å². The Balaban J connectivity index is 2.20. The molecule has 0 saturated heterocycles. The van der Waals surface area contributed by atoms with Crippen LogP contribution in [0.4, 0.5) is 18.3 Å². The van der Waals surface area contributed by atoms with Crippen LogP contribution in [0.25, 0.3) is 11.3 Å². The summed E-state index contributed by atoms with van der Waals surface area (Å²) in [6, 6.07) is 5.23. The highest BCUT2D eigenvalue weighted by Crippen LogP contribution is 2.37. The second-order valence-corrected chi connectivity index (χ2v) is 5.34. The van der Waals surface area contributed by atoms with Crippen molar-refractivity contribution in [1.82, 2.24) is 10.3 Å². The van der Waals surface area contributed by atoms with Gasteiger partial charge in [0.1, 0.15) is 0 Å². The van der Waals surface area contributed by atoms with E-state index in [1.165, 1.54) is 23.6 Å². The highest BCUT2D eigenvalue weighted by molar-refractivity contribution is 7.14. The molecule has 2 aromatic rings. The Bertz CT molecular complexity index is 655. The molecule has 1 aromatic heterocycles. The van der Waals surface area contributed by atoms with E-state index in [1.54, 1.807) is 7.05 Å². The molecule has 0 spiro atoms. The number of carbonyl (C=O) groups is 1. The lowest BCUT2D eigenvalue weighted by molar-refractivity contribution is -0.137. The molecule has 0 aliphatic rings. The van der Waals surface area contributed by atoms with Gasteiger partial charge in [-0.05, 0) is 13.1 Å². The molecule has 4 nitrogen and oxygen atoms in total. The number of halogens is 3. The van der Waals surface area contributed by atoms with Crippen LogP contribution in [0.5, 0.6) is 0 Å². The molecule has 2 N–H and O–H groups in total. The molecule has 0 radical (unpaired) electrons. The summed E-state index contributed by atoms with van der Waals surface area (Å²) in [5, 5.41) is 7.19. The predicted octanol–water partition coefficient (Wildman–Crippen LogP) is 3.38. The third kappa shape index (κ3) is 4.05. The number of nitrogens with one attached hydrogen (secondary N) is 2. The van der Waals surface area contributed by atoms with Gasteiger partial charge in [0.15, 0.2) is 5.13 Å². The number of hydrogen-bond acceptors (Lipinski definition) is 4. The zero-order valence-corrected chi connectivity index (χ0v) is 12.5. The zero-order chi connectivity index (χ0) is 16.2. The molecule has 0 aliphatic heterocycles. The van der Waals surface area contributed by atoms with E-state index in [9.17, 15) is 18.0 Å². The minimum Gasteiger partial charge on any atom is -0.319 e. The van der Waals surface area contributed by atoms with E-state index in [-0.39, 0.29) is 28.7 Å². The maximum Gasteiger partial charge on any atom is 0.417 e. The van der Waals surface area contributed by atoms with Crippen molar-refractivity contribution in [2.24, 2.45) is 0 Å². The van der Waals surface area contributed by atoms with Crippen molar-refractivity contribution in [2.75, 3.05) is 18.9 Å². The summed E-state index contributed by atoms with van der Waals surface area (Å²) in [4.78, 5) is 15.6. The molecule has 0 bridgehead atoms. The molecule has 1 amide bonds. The van der Waals surface area contributed by atoms with E-state index in [2.05, 4.69) is 15.6 Å². The first-order chi connectivity index (χ1) is 10.4. The Labute approximate surface area is 129 Å². The number of thiazole rings is 1. The second kappa shape index (κ2) is 6.89. The fraction of sp³-hybridized carbons (Fsp3) is 0.286. The van der Waals surface area contributed by atoms with Gasteiger partial charge in [-0.25, -0.2) is 4.98 Å². The lowest BCUT2D eigenvalue weighted by Crippen LogP contribution is -2.18. The third-order valence-corrected chi connectivity index (χ3v) is 3.62. The van der Waals surface area contributed by atoms with E-state index < -0.39 is 11.7 Å². The van der Waals surface area contributed by atoms with Crippen LogP contribution in [-0.2, 0) is 11.0 Å². The number of nitrogens with zero attached hydrogens (tertiary/aromatic N) is 1. The Morgan fingerprint density at radius 3 is 2.73 bits per heavy atom. The van der Waals surface area contributed by atoms with Crippen molar-refractivity contribution < 1.29 is 18.0 Å². The second-order valence-electron chi connectivity index (χ2n) is 4.48. The van der Waals surface area contributed by atoms with Gasteiger partial charge in [0, 0.05) is 23.9 Å². The Morgan fingerprint density at radius 2 is 2.05 bits per heavy atom. The van der Waals surface area contributed by atoms with E-state index >= 15 is 0 Å². The summed E-state index contributed by atoms with van der Waals surface area (Å²) >= 11 is 1.09. The van der Waals surface area contributed by atoms with E-state index in [4.69, 9.17) is 0 Å². The molecular formula is C14H14F3N3OS. The predicted molar refractivity (Wildman–Crippen MR) is 79.7 cm³/mol. The SMILES string of the molecule is CNCCC(=O)Nc1nc(-c2ccccc2C(F)(F)F)cs1. The van der Waals surface area contributed by atoms with Gasteiger partial charge in [0.05, 0.1) is 11.3 Å². The fourth-order valence-electron chi connectivity index (χ4n) is 1.83. The standard InChI is InChI=1S/C14H14F3N3OS/c1-18-7-6-12(21)20-13-19-11(8-22-13)9-4-2-3-5-10(9)14(15,16)17/h2-5,8,18H,6-7H2,1H3,(H,19,20,21). The van der Waals surface area contributed by atoms with Gasteiger partial charge in [0.2, 0.25) is 5.91 Å². The van der Waals surface area contributed by atoms with Crippen molar-refractivity contribution in [3.63, 3.8) is 0 Å². The van der Waals surface area contributed by atoms with Crippen molar-refractivity contribution in [3.05, 3.63) is 35.2 Å². The summed E-state index contributed by atoms with van der Waals surface area (Å²) in [7, 11) is 1.73. The van der Waals surface area contributed by atoms with E-state index in [0.717, 1.165) is 17.4 Å². The van der Waals surface area contributed by atoms with Crippen LogP contribution >= 0.6 is 11.3 Å². The number of anilines is 1. The van der Waals surface area contributed by atoms with Crippen LogP contribution in [0.15, 0.2) is 29.6 Å². The molecule has 8 heteroatoms. The quantitative estimate of drug-likeness (QED) is 0.884. The molecule has 0 atom stereocenters. The van der Waals surface area contributed by atoms with Gasteiger partial charge < -0.3 is 10.6 Å². The zero-order valence-electron chi connectivity index (χ0n) is 11.7. The molecule has 1 aromatic carbocycles. The van der Waals surface area contributed by atoms with E-state index in [0.29, 0.717) is 6.54 Å². The summed E-state index contributed by atoms with van der Waals surface area (Å²) < 4.78 is 39.0. The van der Waals surface area contributed by atoms with Crippen LogP contribution < -0.4 is 10.6 Å². The van der Waals surface area contributed by atoms with Crippen molar-refractivity contribution in [3.8, 4) is 11.3 Å². The number of aromatic nitrogens is 1. The third-order valence-electron chi connectivity index (χ3n) is 2.86. The van der Waals surface area contributed by atoms with Crippen LogP contribution in [-0.4, -0.2) is 24.5 Å². The normalized spacial score (nSPS) is 11.5. The Kier molecular flexibility index (Phi) is 5.15. The van der Waals surface area contributed by atoms with Crippen LogP contribution in [0.2, 0.25) is 0 Å². The lowest BCUT2D eigenvalue weighted by atomic mass is 10.1. The minimum atomic E-state index is -4.45. The molecule has 0 unspecified atom stereocenters. The topological polar surface area (TPSA) is 54.0 Å². The van der Waals surface area contributed by atoms with Crippen molar-refractivity contribution in [1.29, 1.82) is 0 Å². The molecule has 0 fully saturated rings. The van der Waals surface area contributed by atoms with Crippen LogP contribution in [0.1, 0.15) is 12.0 Å². The average molecular weight is 329 g/mol. The summed E-state index contributed by atoms with van der Waals surface area (Å²) in [5.41, 5.74) is -0.544. The number of benzene rings is 1. The Morgan fingerprint density at radius 1 is 1.32 bits per heavy atom. The summed E-state index contributed by atoms with van der Waals surface area (Å²) in [5.74, 6) is -0.237. The number of carbonyl (C=O) groups excluding carboxylic acids is 1. The number of hydrogen-bond donors (Lipinski definition) is 2. The summed E-state index contributed by atoms with van der Waals surface area (Å²) in [6.07, 6.45) is -4.18. The first-order valence-corrected chi connectivity index (χ1v) is 7.36. The van der Waals surface area contributed by atoms with Crippen LogP contribution in [0.3, 0.4) is 0 Å². The van der Waals surface area contributed by atoms with Gasteiger partial charge in [-0.15, -0.1) is 11.3 Å². The highest BCUT2D eigenvalue weighted by atomic mass is 32.1. The number of rotatable bonds is 5. The largest absolute Gasteiger partial charge is 0.417 e. The van der Waals surface area contributed by atoms with Crippen molar-refractivity contribution >= 4 is 22.4 Å². The average Bonchev–Trinajstić information content (AvgIpc) is 2.92. The Hall–Kier alpha value is -1.93. The van der Waals surface area contributed by atoms with Gasteiger partial charge in [-0.1, -0.05) is 18.2 Å². The molecule has 0 aliphatic carbocycles. The minimum absolute atomic E-state index is 0.00183. The smallest absolute Gasteiger partial charge is 0.319 e. The first kappa shape index (κ1) is 16.4. The molecule has 1 heterocycles. The van der Waals surface area contributed by atoms with Gasteiger partial charge in [0.25, 0.3) is 0 Å². The van der Waals surface area contributed by atoms with Crippen molar-refractivity contribution in [2.45, 2.75) is 12.6 Å². The molecule has 118 valence electrons. The molecule has 0 saturated carbocycles. The number of amides is 1. The lowest BCUT2D eigenvalue weighted by Gasteiger charge is -2.10. The maximum absolute atomic E-state index is 13.0. The fourth-order valence-corrected chi connectivity index (χ4v) is 2.56. The summed E-state index contributed by atoms with van der Waals surface area (Å²) in [6.45, 7) is 0.515. The number of alkyl halides is 3. The highest BCUT2D eigenvalue weighted by Gasteiger charge is 2.33. The van der Waals surface area contributed by atoms with Gasteiger partial charge in [-0.2, -0.15) is 13.2 Å². The van der Waals surface area contributed by atoms with Gasteiger partial charge >= 0.3 is 6.18 Å². The molecule has 22 heavy (non-hydrogen) atoms. The van der Waals surface area contributed by atoms with Gasteiger partial charge in [-0.3, -0.25) is 4.79 Å². The molecule has 2 rings (SSSR count). The monoisotopic (exact) mass is 329 g/mol. The first-order valence-electron chi connectivity index (χ1n) is 6.48. The van der Waals surface area contributed by atoms with Crippen LogP contribution in [0, 0.1) is 0 Å². The maximum atomic E-state index is 13.0.